The minimum atomic E-state index is -1.82. The molecule has 3 atom stereocenters. The predicted molar refractivity (Wildman–Crippen MR) is 81.6 cm³/mol. The van der Waals surface area contributed by atoms with Crippen molar-refractivity contribution in [2.45, 2.75) is 58.4 Å². The van der Waals surface area contributed by atoms with Gasteiger partial charge < -0.3 is 14.6 Å². The van der Waals surface area contributed by atoms with Crippen molar-refractivity contribution in [3.8, 4) is 0 Å². The average molecular weight is 286 g/mol. The maximum absolute atomic E-state index is 9.54. The minimum Gasteiger partial charge on any atom is -0.410 e. The zero-order chi connectivity index (χ0) is 14.8. The highest BCUT2D eigenvalue weighted by atomic mass is 28.4. The maximum Gasteiger partial charge on any atom is 0.192 e. The number of hydrogen-bond acceptors (Lipinski definition) is 3. The molecule has 0 radical (unpaired) electrons. The number of hydrogen-bond donors (Lipinski definition) is 2. The Balaban J connectivity index is 2.87. The molecule has 112 valence electrons. The van der Waals surface area contributed by atoms with Crippen LogP contribution >= 0.6 is 0 Å². The van der Waals surface area contributed by atoms with Gasteiger partial charge in [0.25, 0.3) is 0 Å². The molecule has 0 aliphatic heterocycles. The summed E-state index contributed by atoms with van der Waals surface area (Å²) in [5.74, 6) is 0.353. The molecule has 0 aromatic heterocycles. The Hall–Kier alpha value is -0.163. The Kier molecular flexibility index (Phi) is 5.41. The van der Waals surface area contributed by atoms with E-state index in [1.165, 1.54) is 5.57 Å². The van der Waals surface area contributed by atoms with Crippen molar-refractivity contribution in [1.82, 2.24) is 0 Å². The molecule has 0 heterocycles. The van der Waals surface area contributed by atoms with Crippen LogP contribution in [0.4, 0.5) is 0 Å². The molecular formula is C15H30O3Si. The van der Waals surface area contributed by atoms with E-state index < -0.39 is 8.32 Å². The van der Waals surface area contributed by atoms with E-state index in [0.717, 1.165) is 0 Å². The van der Waals surface area contributed by atoms with E-state index >= 15 is 0 Å². The van der Waals surface area contributed by atoms with Gasteiger partial charge >= 0.3 is 0 Å². The van der Waals surface area contributed by atoms with Crippen LogP contribution in [0.3, 0.4) is 0 Å². The summed E-state index contributed by atoms with van der Waals surface area (Å²) in [4.78, 5) is 0. The first-order valence-electron chi connectivity index (χ1n) is 7.22. The first kappa shape index (κ1) is 16.9. The molecule has 2 N–H and O–H groups in total. The third-order valence-corrected chi connectivity index (χ3v) is 9.32. The molecule has 0 saturated heterocycles. The third-order valence-electron chi connectivity index (χ3n) is 4.85. The largest absolute Gasteiger partial charge is 0.410 e. The van der Waals surface area contributed by atoms with Crippen LogP contribution in [-0.4, -0.2) is 37.8 Å². The third kappa shape index (κ3) is 3.69. The highest BCUT2D eigenvalue weighted by Gasteiger charge is 2.43. The molecule has 0 saturated carbocycles. The minimum absolute atomic E-state index is 0.0465. The zero-order valence-electron chi connectivity index (χ0n) is 13.2. The van der Waals surface area contributed by atoms with Crippen LogP contribution in [0.2, 0.25) is 18.1 Å². The fraction of sp³-hybridized carbons (Fsp3) is 0.867. The molecule has 0 bridgehead atoms. The van der Waals surface area contributed by atoms with Gasteiger partial charge in [0, 0.05) is 19.1 Å². The topological polar surface area (TPSA) is 49.7 Å². The molecule has 0 aromatic rings. The number of rotatable bonds is 5. The van der Waals surface area contributed by atoms with Crippen molar-refractivity contribution >= 4 is 8.32 Å². The molecule has 1 aliphatic carbocycles. The van der Waals surface area contributed by atoms with Gasteiger partial charge in [-0.2, -0.15) is 0 Å². The summed E-state index contributed by atoms with van der Waals surface area (Å²) in [6.07, 6.45) is 2.89. The van der Waals surface area contributed by atoms with Gasteiger partial charge in [-0.1, -0.05) is 32.4 Å². The van der Waals surface area contributed by atoms with Crippen LogP contribution < -0.4 is 0 Å². The first-order chi connectivity index (χ1) is 8.64. The molecule has 0 spiro atoms. The van der Waals surface area contributed by atoms with E-state index in [4.69, 9.17) is 4.43 Å². The molecule has 0 fully saturated rings. The van der Waals surface area contributed by atoms with E-state index in [1.54, 1.807) is 0 Å². The molecule has 0 aromatic carbocycles. The smallest absolute Gasteiger partial charge is 0.192 e. The Bertz CT molecular complexity index is 331. The van der Waals surface area contributed by atoms with Gasteiger partial charge in [0.15, 0.2) is 8.32 Å². The monoisotopic (exact) mass is 286 g/mol. The van der Waals surface area contributed by atoms with E-state index in [0.29, 0.717) is 6.42 Å². The molecule has 0 amide bonds. The summed E-state index contributed by atoms with van der Waals surface area (Å²) < 4.78 is 6.47. The molecule has 19 heavy (non-hydrogen) atoms. The second-order valence-electron chi connectivity index (χ2n) is 7.22. The van der Waals surface area contributed by atoms with E-state index in [9.17, 15) is 10.2 Å². The summed E-state index contributed by atoms with van der Waals surface area (Å²) in [5, 5.41) is 19.0. The van der Waals surface area contributed by atoms with Crippen molar-refractivity contribution in [2.24, 2.45) is 11.8 Å². The van der Waals surface area contributed by atoms with Crippen molar-refractivity contribution in [2.75, 3.05) is 13.2 Å². The summed E-state index contributed by atoms with van der Waals surface area (Å²) in [7, 11) is -1.82. The quantitative estimate of drug-likeness (QED) is 0.603. The van der Waals surface area contributed by atoms with Crippen LogP contribution in [0, 0.1) is 11.8 Å². The lowest BCUT2D eigenvalue weighted by Gasteiger charge is -2.40. The summed E-state index contributed by atoms with van der Waals surface area (Å²) in [5.41, 5.74) is 1.20. The van der Waals surface area contributed by atoms with Crippen LogP contribution in [0.15, 0.2) is 11.6 Å². The SMILES string of the molecule is CC1=C[C@H](O[Si](C)(C)C(C)(C)C)[C@H](CCO)[C@@H]1CO. The number of aliphatic hydroxyl groups excluding tert-OH is 2. The summed E-state index contributed by atoms with van der Waals surface area (Å²) >= 11 is 0. The summed E-state index contributed by atoms with van der Waals surface area (Å²) in [6.45, 7) is 13.5. The molecule has 1 aliphatic rings. The molecular weight excluding hydrogens is 256 g/mol. The average Bonchev–Trinajstić information content (AvgIpc) is 2.53. The lowest BCUT2D eigenvalue weighted by atomic mass is 9.89. The van der Waals surface area contributed by atoms with Crippen molar-refractivity contribution in [3.05, 3.63) is 11.6 Å². The van der Waals surface area contributed by atoms with Crippen LogP contribution in [0.25, 0.3) is 0 Å². The van der Waals surface area contributed by atoms with Gasteiger partial charge in [0.05, 0.1) is 6.10 Å². The Labute approximate surface area is 118 Å². The van der Waals surface area contributed by atoms with Gasteiger partial charge in [-0.3, -0.25) is 0 Å². The number of aliphatic hydroxyl groups is 2. The van der Waals surface area contributed by atoms with Gasteiger partial charge in [0.2, 0.25) is 0 Å². The highest BCUT2D eigenvalue weighted by molar-refractivity contribution is 6.74. The molecule has 3 nitrogen and oxygen atoms in total. The Morgan fingerprint density at radius 2 is 1.84 bits per heavy atom. The van der Waals surface area contributed by atoms with Gasteiger partial charge in [-0.25, -0.2) is 0 Å². The predicted octanol–water partition coefficient (Wildman–Crippen LogP) is 2.94. The second-order valence-corrected chi connectivity index (χ2v) is 12.0. The second kappa shape index (κ2) is 6.08. The van der Waals surface area contributed by atoms with E-state index in [1.807, 2.05) is 0 Å². The highest BCUT2D eigenvalue weighted by Crippen LogP contribution is 2.42. The van der Waals surface area contributed by atoms with Crippen molar-refractivity contribution < 1.29 is 14.6 Å². The van der Waals surface area contributed by atoms with Crippen molar-refractivity contribution in [1.29, 1.82) is 0 Å². The lowest BCUT2D eigenvalue weighted by molar-refractivity contribution is 0.0966. The van der Waals surface area contributed by atoms with Gasteiger partial charge in [-0.15, -0.1) is 0 Å². The Morgan fingerprint density at radius 1 is 1.26 bits per heavy atom. The van der Waals surface area contributed by atoms with E-state index in [-0.39, 0.29) is 36.2 Å². The first-order valence-corrected chi connectivity index (χ1v) is 10.1. The fourth-order valence-corrected chi connectivity index (χ4v) is 3.78. The zero-order valence-corrected chi connectivity index (χ0v) is 14.2. The van der Waals surface area contributed by atoms with Gasteiger partial charge in [-0.05, 0) is 37.4 Å². The fourth-order valence-electron chi connectivity index (χ4n) is 2.51. The normalized spacial score (nSPS) is 28.6. The van der Waals surface area contributed by atoms with Gasteiger partial charge in [0.1, 0.15) is 0 Å². The van der Waals surface area contributed by atoms with E-state index in [2.05, 4.69) is 46.9 Å². The van der Waals surface area contributed by atoms with Crippen LogP contribution in [-0.2, 0) is 4.43 Å². The van der Waals surface area contributed by atoms with Crippen LogP contribution in [0.1, 0.15) is 34.1 Å². The molecule has 0 unspecified atom stereocenters. The Morgan fingerprint density at radius 3 is 2.26 bits per heavy atom. The maximum atomic E-state index is 9.54. The molecule has 4 heteroatoms. The van der Waals surface area contributed by atoms with Crippen LogP contribution in [0.5, 0.6) is 0 Å². The molecule has 1 rings (SSSR count). The lowest BCUT2D eigenvalue weighted by Crippen LogP contribution is -2.45. The van der Waals surface area contributed by atoms with Crippen molar-refractivity contribution in [3.63, 3.8) is 0 Å². The summed E-state index contributed by atoms with van der Waals surface area (Å²) in [6, 6.07) is 0. The standard InChI is InChI=1S/C15H30O3Si/c1-11-9-14(12(7-8-16)13(11)10-17)18-19(5,6)15(2,3)4/h9,12-14,16-17H,7-8,10H2,1-6H3/t12-,13-,14+/m1/s1.